The Morgan fingerprint density at radius 2 is 2.17 bits per heavy atom. The highest BCUT2D eigenvalue weighted by molar-refractivity contribution is 7.23. The first-order valence-electron chi connectivity index (χ1n) is 16.2. The van der Waals surface area contributed by atoms with Crippen LogP contribution in [0.25, 0.3) is 10.1 Å². The number of nitrogens with zero attached hydrogens (tertiary/aromatic N) is 6. The molecule has 246 valence electrons. The first-order valence-corrected chi connectivity index (χ1v) is 17.4. The maximum absolute atomic E-state index is 14.6. The normalized spacial score (nSPS) is 26.7. The molecule has 0 radical (unpaired) electrons. The van der Waals surface area contributed by atoms with Gasteiger partial charge in [0.15, 0.2) is 5.83 Å². The van der Waals surface area contributed by atoms with Crippen LogP contribution in [0, 0.1) is 11.3 Å². The summed E-state index contributed by atoms with van der Waals surface area (Å²) in [5, 5.41) is 10.7. The zero-order valence-electron chi connectivity index (χ0n) is 25.9. The molecule has 3 saturated heterocycles. The van der Waals surface area contributed by atoms with Gasteiger partial charge >= 0.3 is 0 Å². The van der Waals surface area contributed by atoms with Crippen LogP contribution in [-0.4, -0.2) is 90.4 Å². The highest BCUT2D eigenvalue weighted by Crippen LogP contribution is 2.49. The Kier molecular flexibility index (Phi) is 7.69. The summed E-state index contributed by atoms with van der Waals surface area (Å²) in [5.41, 5.74) is 3.49. The van der Waals surface area contributed by atoms with E-state index in [-0.39, 0.29) is 31.2 Å². The quantitative estimate of drug-likeness (QED) is 0.310. The maximum Gasteiger partial charge on any atom is 0.282 e. The van der Waals surface area contributed by atoms with Crippen molar-refractivity contribution in [2.24, 2.45) is 0 Å². The average molecular weight is 681 g/mol. The molecule has 47 heavy (non-hydrogen) atoms. The van der Waals surface area contributed by atoms with Crippen LogP contribution in [0.1, 0.15) is 36.9 Å². The third kappa shape index (κ3) is 5.18. The molecule has 2 unspecified atom stereocenters. The number of thiophene rings is 1. The summed E-state index contributed by atoms with van der Waals surface area (Å²) in [6.45, 7) is 6.86. The number of hydrogen-bond acceptors (Lipinski definition) is 9. The standard InChI is InChI=1S/C34H35ClF2N6O3S/c1-20(36)33(44)43-16-24-18-45-30-29(42(24)15-23(43)6-9-38)25-7-11-40(27-5-2-4-21-12-28(35)47-31(21)27)17-26(25)39-32(30)46-19-34-8-3-10-41(34)14-22(37)13-34/h2,4-5,12,22-24H,1,3,6-8,10-11,13-19H2/t22-,23+,24?,34?/m1/s1. The Morgan fingerprint density at radius 1 is 1.30 bits per heavy atom. The molecule has 5 aliphatic rings. The van der Waals surface area contributed by atoms with Gasteiger partial charge in [-0.15, -0.1) is 11.3 Å². The average Bonchev–Trinajstić information content (AvgIpc) is 3.73. The van der Waals surface area contributed by atoms with E-state index in [1.807, 2.05) is 12.1 Å². The van der Waals surface area contributed by atoms with Gasteiger partial charge in [0.05, 0.1) is 62.8 Å². The number of carbonyl (C=O) groups is 1. The van der Waals surface area contributed by atoms with Gasteiger partial charge in [0.2, 0.25) is 5.75 Å². The van der Waals surface area contributed by atoms with E-state index in [2.05, 4.69) is 39.5 Å². The molecular formula is C34H35ClF2N6O3S. The lowest BCUT2D eigenvalue weighted by atomic mass is 9.94. The van der Waals surface area contributed by atoms with Crippen LogP contribution in [0.3, 0.4) is 0 Å². The molecule has 2 aromatic heterocycles. The van der Waals surface area contributed by atoms with Crippen molar-refractivity contribution in [1.82, 2.24) is 14.8 Å². The van der Waals surface area contributed by atoms with Gasteiger partial charge in [-0.1, -0.05) is 30.3 Å². The summed E-state index contributed by atoms with van der Waals surface area (Å²) in [6, 6.07) is 9.59. The fourth-order valence-electron chi connectivity index (χ4n) is 8.40. The smallest absolute Gasteiger partial charge is 0.282 e. The van der Waals surface area contributed by atoms with Crippen LogP contribution in [0.4, 0.5) is 20.2 Å². The lowest BCUT2D eigenvalue weighted by molar-refractivity contribution is -0.132. The van der Waals surface area contributed by atoms with Crippen LogP contribution in [0.2, 0.25) is 4.34 Å². The second-order valence-electron chi connectivity index (χ2n) is 13.3. The molecule has 9 nitrogen and oxygen atoms in total. The van der Waals surface area contributed by atoms with Crippen molar-refractivity contribution in [2.75, 3.05) is 55.7 Å². The number of amides is 1. The Hall–Kier alpha value is -3.66. The number of carbonyl (C=O) groups excluding carboxylic acids is 1. The number of benzene rings is 1. The predicted octanol–water partition coefficient (Wildman–Crippen LogP) is 5.64. The Morgan fingerprint density at radius 3 is 3.00 bits per heavy atom. The first kappa shape index (κ1) is 30.7. The van der Waals surface area contributed by atoms with E-state index >= 15 is 0 Å². The van der Waals surface area contributed by atoms with Gasteiger partial charge in [0.1, 0.15) is 19.4 Å². The summed E-state index contributed by atoms with van der Waals surface area (Å²) in [4.78, 5) is 26.1. The highest BCUT2D eigenvalue weighted by atomic mass is 35.5. The third-order valence-corrected chi connectivity index (χ3v) is 11.9. The van der Waals surface area contributed by atoms with E-state index in [1.54, 1.807) is 11.3 Å². The van der Waals surface area contributed by atoms with Gasteiger partial charge in [-0.05, 0) is 43.3 Å². The Balaban J connectivity index is 1.18. The van der Waals surface area contributed by atoms with E-state index in [0.29, 0.717) is 50.7 Å². The van der Waals surface area contributed by atoms with Gasteiger partial charge in [-0.25, -0.2) is 13.8 Å². The third-order valence-electron chi connectivity index (χ3n) is 10.5. The summed E-state index contributed by atoms with van der Waals surface area (Å²) < 4.78 is 43.5. The SMILES string of the molecule is C=C(F)C(=O)N1CC2COc3c(OCC45CCCN4C[C@H](F)C5)nc4c(c3N2C[C@@H]1CC#N)CCN(c1cccc2cc(Cl)sc12)C4. The van der Waals surface area contributed by atoms with E-state index in [9.17, 15) is 18.8 Å². The van der Waals surface area contributed by atoms with Crippen molar-refractivity contribution < 1.29 is 23.0 Å². The zero-order chi connectivity index (χ0) is 32.4. The number of halogens is 3. The topological polar surface area (TPSA) is 85.2 Å². The van der Waals surface area contributed by atoms with Gasteiger partial charge in [-0.3, -0.25) is 9.69 Å². The van der Waals surface area contributed by atoms with Crippen molar-refractivity contribution in [3.63, 3.8) is 0 Å². The second-order valence-corrected chi connectivity index (χ2v) is 15.0. The van der Waals surface area contributed by atoms with E-state index in [1.165, 1.54) is 4.90 Å². The molecule has 5 aliphatic heterocycles. The summed E-state index contributed by atoms with van der Waals surface area (Å²) in [6.07, 6.45) is 2.18. The van der Waals surface area contributed by atoms with Crippen LogP contribution in [0.15, 0.2) is 36.7 Å². The molecule has 1 aromatic carbocycles. The highest BCUT2D eigenvalue weighted by Gasteiger charge is 2.50. The first-order chi connectivity index (χ1) is 22.7. The van der Waals surface area contributed by atoms with Crippen LogP contribution in [0.5, 0.6) is 11.6 Å². The molecule has 8 rings (SSSR count). The second kappa shape index (κ2) is 11.8. The summed E-state index contributed by atoms with van der Waals surface area (Å²) in [5.74, 6) is -0.909. The van der Waals surface area contributed by atoms with Gasteiger partial charge in [-0.2, -0.15) is 5.26 Å². The molecule has 13 heteroatoms. The molecule has 3 aromatic rings. The lowest BCUT2D eigenvalue weighted by Gasteiger charge is -2.50. The molecule has 0 spiro atoms. The minimum atomic E-state index is -1.04. The molecule has 0 bridgehead atoms. The molecule has 3 fully saturated rings. The fourth-order valence-corrected chi connectivity index (χ4v) is 9.68. The van der Waals surface area contributed by atoms with Crippen molar-refractivity contribution in [3.8, 4) is 17.7 Å². The number of pyridine rings is 1. The van der Waals surface area contributed by atoms with Crippen LogP contribution >= 0.6 is 22.9 Å². The van der Waals surface area contributed by atoms with Gasteiger partial charge in [0.25, 0.3) is 11.8 Å². The summed E-state index contributed by atoms with van der Waals surface area (Å²) >= 11 is 7.97. The van der Waals surface area contributed by atoms with Crippen molar-refractivity contribution in [3.05, 3.63) is 52.3 Å². The number of fused-ring (bicyclic) bond motifs is 7. The number of hydrogen-bond donors (Lipinski definition) is 0. The number of piperazine rings is 1. The number of rotatable bonds is 6. The number of aromatic nitrogens is 1. The lowest BCUT2D eigenvalue weighted by Crippen LogP contribution is -2.63. The van der Waals surface area contributed by atoms with Gasteiger partial charge in [0, 0.05) is 38.2 Å². The monoisotopic (exact) mass is 680 g/mol. The van der Waals surface area contributed by atoms with E-state index in [4.69, 9.17) is 26.1 Å². The van der Waals surface area contributed by atoms with Crippen molar-refractivity contribution in [1.29, 1.82) is 5.26 Å². The predicted molar refractivity (Wildman–Crippen MR) is 177 cm³/mol. The molecule has 0 N–H and O–H groups in total. The molecule has 7 heterocycles. The Labute approximate surface area is 280 Å². The molecule has 0 saturated carbocycles. The molecular weight excluding hydrogens is 646 g/mol. The number of alkyl halides is 1. The minimum Gasteiger partial charge on any atom is -0.484 e. The molecule has 4 atom stereocenters. The number of ether oxygens (including phenoxy) is 2. The fraction of sp³-hybridized carbons (Fsp3) is 0.500. The summed E-state index contributed by atoms with van der Waals surface area (Å²) in [7, 11) is 0. The van der Waals surface area contributed by atoms with E-state index in [0.717, 1.165) is 63.0 Å². The largest absolute Gasteiger partial charge is 0.484 e. The minimum absolute atomic E-state index is 0.0545. The maximum atomic E-state index is 14.6. The van der Waals surface area contributed by atoms with Gasteiger partial charge < -0.3 is 24.2 Å². The molecule has 1 amide bonds. The van der Waals surface area contributed by atoms with Crippen LogP contribution < -0.4 is 19.3 Å². The number of anilines is 2. The van der Waals surface area contributed by atoms with Crippen molar-refractivity contribution in [2.45, 2.75) is 62.4 Å². The number of nitriles is 1. The molecule has 0 aliphatic carbocycles. The zero-order valence-corrected chi connectivity index (χ0v) is 27.5. The van der Waals surface area contributed by atoms with Crippen LogP contribution in [-0.2, 0) is 17.8 Å². The van der Waals surface area contributed by atoms with E-state index < -0.39 is 23.9 Å². The van der Waals surface area contributed by atoms with Crippen molar-refractivity contribution >= 4 is 50.3 Å². The Bertz CT molecular complexity index is 1820.